The fourth-order valence-electron chi connectivity index (χ4n) is 2.12. The van der Waals surface area contributed by atoms with E-state index in [2.05, 4.69) is 0 Å². The molecule has 0 fully saturated rings. The first-order valence-corrected chi connectivity index (χ1v) is 8.08. The van der Waals surface area contributed by atoms with Crippen LogP contribution in [0.25, 0.3) is 0 Å². The summed E-state index contributed by atoms with van der Waals surface area (Å²) in [6.45, 7) is 7.33. The third-order valence-electron chi connectivity index (χ3n) is 3.88. The highest BCUT2D eigenvalue weighted by molar-refractivity contribution is 7.85. The van der Waals surface area contributed by atoms with Crippen LogP contribution in [0.5, 0.6) is 0 Å². The van der Waals surface area contributed by atoms with Crippen molar-refractivity contribution in [1.29, 1.82) is 0 Å². The van der Waals surface area contributed by atoms with E-state index < -0.39 is 16.2 Å². The van der Waals surface area contributed by atoms with Crippen molar-refractivity contribution in [1.82, 2.24) is 0 Å². The fourth-order valence-corrected chi connectivity index (χ4v) is 3.49. The highest BCUT2D eigenvalue weighted by Crippen LogP contribution is 2.31. The number of hydrogen-bond donors (Lipinski definition) is 0. The van der Waals surface area contributed by atoms with Gasteiger partial charge in [-0.2, -0.15) is 0 Å². The summed E-state index contributed by atoms with van der Waals surface area (Å²) in [6, 6.07) is 15.1. The Bertz CT molecular complexity index is 685. The Hall–Kier alpha value is -1.74. The van der Waals surface area contributed by atoms with Gasteiger partial charge in [-0.05, 0) is 51.5 Å². The second-order valence-corrected chi connectivity index (χ2v) is 7.21. The molecule has 0 spiro atoms. The van der Waals surface area contributed by atoms with Crippen LogP contribution in [0.2, 0.25) is 0 Å². The molecule has 2 nitrogen and oxygen atoms in total. The number of carbonyl (C=O) groups excluding carboxylic acids is 1. The zero-order valence-corrected chi connectivity index (χ0v) is 13.7. The zero-order chi connectivity index (χ0) is 15.6. The van der Waals surface area contributed by atoms with Crippen molar-refractivity contribution < 1.29 is 9.00 Å². The van der Waals surface area contributed by atoms with Gasteiger partial charge in [-0.3, -0.25) is 4.79 Å². The number of rotatable bonds is 4. The van der Waals surface area contributed by atoms with Gasteiger partial charge < -0.3 is 0 Å². The first kappa shape index (κ1) is 15.6. The lowest BCUT2D eigenvalue weighted by Gasteiger charge is -2.24. The molecule has 2 aromatic rings. The van der Waals surface area contributed by atoms with Crippen molar-refractivity contribution in [3.63, 3.8) is 0 Å². The highest BCUT2D eigenvalue weighted by atomic mass is 32.2. The molecule has 0 aromatic heterocycles. The van der Waals surface area contributed by atoms with Crippen LogP contribution in [-0.4, -0.2) is 9.99 Å². The van der Waals surface area contributed by atoms with E-state index in [0.717, 1.165) is 16.0 Å². The molecule has 0 aliphatic heterocycles. The number of benzene rings is 2. The lowest BCUT2D eigenvalue weighted by molar-refractivity contribution is -0.121. The van der Waals surface area contributed by atoms with Crippen molar-refractivity contribution in [2.75, 3.05) is 0 Å². The van der Waals surface area contributed by atoms with Gasteiger partial charge in [0.25, 0.3) is 0 Å². The second kappa shape index (κ2) is 5.94. The maximum absolute atomic E-state index is 12.8. The minimum absolute atomic E-state index is 0.0656. The van der Waals surface area contributed by atoms with E-state index >= 15 is 0 Å². The molecule has 0 N–H and O–H groups in total. The van der Waals surface area contributed by atoms with Crippen molar-refractivity contribution in [2.24, 2.45) is 0 Å². The van der Waals surface area contributed by atoms with Gasteiger partial charge in [0.1, 0.15) is 5.78 Å². The van der Waals surface area contributed by atoms with Crippen molar-refractivity contribution >= 4 is 16.6 Å². The molecule has 1 atom stereocenters. The molecule has 0 amide bonds. The number of hydrogen-bond acceptors (Lipinski definition) is 2. The van der Waals surface area contributed by atoms with Crippen molar-refractivity contribution in [3.8, 4) is 0 Å². The quantitative estimate of drug-likeness (QED) is 0.854. The van der Waals surface area contributed by atoms with Crippen LogP contribution in [0.3, 0.4) is 0 Å². The van der Waals surface area contributed by atoms with E-state index in [9.17, 15) is 9.00 Å². The smallest absolute Gasteiger partial charge is 0.139 e. The van der Waals surface area contributed by atoms with Gasteiger partial charge >= 0.3 is 0 Å². The normalized spacial score (nSPS) is 13.0. The van der Waals surface area contributed by atoms with Gasteiger partial charge in [0.05, 0.1) is 10.8 Å². The molecule has 110 valence electrons. The van der Waals surface area contributed by atoms with E-state index in [1.165, 1.54) is 0 Å². The Kier molecular flexibility index (Phi) is 4.43. The van der Waals surface area contributed by atoms with E-state index in [1.807, 2.05) is 69.3 Å². The van der Waals surface area contributed by atoms with Crippen LogP contribution in [-0.2, 0) is 21.0 Å². The summed E-state index contributed by atoms with van der Waals surface area (Å²) in [5.74, 6) is 0.0656. The SMILES string of the molecule is CC(=O)C(C)(C)c1ccccc1[S@@](=O)c1ccc(C)cc1. The second-order valence-electron chi connectivity index (χ2n) is 5.76. The predicted molar refractivity (Wildman–Crippen MR) is 86.0 cm³/mol. The van der Waals surface area contributed by atoms with Gasteiger partial charge in [0.15, 0.2) is 0 Å². The molecule has 0 aliphatic carbocycles. The molecule has 0 saturated heterocycles. The molecular formula is C18H20O2S. The molecule has 2 rings (SSSR count). The molecule has 0 saturated carbocycles. The Morgan fingerprint density at radius 3 is 2.14 bits per heavy atom. The van der Waals surface area contributed by atoms with Gasteiger partial charge in [-0.25, -0.2) is 4.21 Å². The summed E-state index contributed by atoms with van der Waals surface area (Å²) in [7, 11) is -1.28. The maximum Gasteiger partial charge on any atom is 0.139 e. The van der Waals surface area contributed by atoms with E-state index in [-0.39, 0.29) is 5.78 Å². The Labute approximate surface area is 128 Å². The Morgan fingerprint density at radius 1 is 1.00 bits per heavy atom. The van der Waals surface area contributed by atoms with E-state index in [0.29, 0.717) is 4.90 Å². The number of aryl methyl sites for hydroxylation is 1. The average Bonchev–Trinajstić information content (AvgIpc) is 2.47. The predicted octanol–water partition coefficient (Wildman–Crippen LogP) is 4.03. The minimum atomic E-state index is -1.28. The highest BCUT2D eigenvalue weighted by Gasteiger charge is 2.30. The molecule has 0 unspecified atom stereocenters. The summed E-state index contributed by atoms with van der Waals surface area (Å²) in [5.41, 5.74) is 1.32. The number of carbonyl (C=O) groups is 1. The zero-order valence-electron chi connectivity index (χ0n) is 12.8. The van der Waals surface area contributed by atoms with Crippen LogP contribution < -0.4 is 0 Å². The first-order valence-electron chi connectivity index (χ1n) is 6.93. The topological polar surface area (TPSA) is 34.1 Å². The molecular weight excluding hydrogens is 280 g/mol. The van der Waals surface area contributed by atoms with Gasteiger partial charge in [0.2, 0.25) is 0 Å². The average molecular weight is 300 g/mol. The molecule has 0 bridgehead atoms. The third-order valence-corrected chi connectivity index (χ3v) is 5.33. The Balaban J connectivity index is 2.52. The molecule has 0 aliphatic rings. The molecule has 2 aromatic carbocycles. The van der Waals surface area contributed by atoms with Crippen LogP contribution in [0.15, 0.2) is 58.3 Å². The van der Waals surface area contributed by atoms with Crippen LogP contribution in [0, 0.1) is 6.92 Å². The molecule has 21 heavy (non-hydrogen) atoms. The van der Waals surface area contributed by atoms with Gasteiger partial charge in [0, 0.05) is 15.2 Å². The van der Waals surface area contributed by atoms with Crippen LogP contribution >= 0.6 is 0 Å². The largest absolute Gasteiger partial charge is 0.299 e. The lowest BCUT2D eigenvalue weighted by Crippen LogP contribution is -2.28. The summed E-state index contributed by atoms with van der Waals surface area (Å²) in [6.07, 6.45) is 0. The monoisotopic (exact) mass is 300 g/mol. The summed E-state index contributed by atoms with van der Waals surface area (Å²) >= 11 is 0. The summed E-state index contributed by atoms with van der Waals surface area (Å²) in [5, 5.41) is 0. The number of ketones is 1. The lowest BCUT2D eigenvalue weighted by atomic mass is 9.81. The Morgan fingerprint density at radius 2 is 1.57 bits per heavy atom. The molecule has 3 heteroatoms. The van der Waals surface area contributed by atoms with Crippen molar-refractivity contribution in [2.45, 2.75) is 42.9 Å². The van der Waals surface area contributed by atoms with E-state index in [4.69, 9.17) is 0 Å². The van der Waals surface area contributed by atoms with E-state index in [1.54, 1.807) is 6.92 Å². The minimum Gasteiger partial charge on any atom is -0.299 e. The fraction of sp³-hybridized carbons (Fsp3) is 0.278. The maximum atomic E-state index is 12.8. The standard InChI is InChI=1S/C18H20O2S/c1-13-9-11-15(12-10-13)21(20)17-8-6-5-7-16(17)18(3,4)14(2)19/h5-12H,1-4H3/t21-/m0/s1. The summed E-state index contributed by atoms with van der Waals surface area (Å²) in [4.78, 5) is 13.4. The summed E-state index contributed by atoms with van der Waals surface area (Å²) < 4.78 is 12.8. The molecule has 0 heterocycles. The van der Waals surface area contributed by atoms with Crippen molar-refractivity contribution in [3.05, 3.63) is 59.7 Å². The van der Waals surface area contributed by atoms with Crippen LogP contribution in [0.4, 0.5) is 0 Å². The number of Topliss-reactive ketones (excluding diaryl/α,β-unsaturated/α-hetero) is 1. The van der Waals surface area contributed by atoms with Crippen LogP contribution in [0.1, 0.15) is 31.9 Å². The van der Waals surface area contributed by atoms with Gasteiger partial charge in [-0.1, -0.05) is 35.9 Å². The molecule has 0 radical (unpaired) electrons. The van der Waals surface area contributed by atoms with Gasteiger partial charge in [-0.15, -0.1) is 0 Å². The third kappa shape index (κ3) is 3.13. The first-order chi connectivity index (χ1) is 9.84.